The van der Waals surface area contributed by atoms with E-state index in [-0.39, 0.29) is 18.0 Å². The van der Waals surface area contributed by atoms with Crippen molar-refractivity contribution in [2.75, 3.05) is 20.8 Å². The van der Waals surface area contributed by atoms with Crippen LogP contribution >= 0.6 is 0 Å². The molecule has 0 amide bonds. The maximum atomic E-state index is 13.6. The first kappa shape index (κ1) is 22.5. The molecular weight excluding hydrogens is 424 g/mol. The summed E-state index contributed by atoms with van der Waals surface area (Å²) in [5.74, 6) is 0. The zero-order valence-corrected chi connectivity index (χ0v) is 19.6. The number of aromatic amines is 1. The van der Waals surface area contributed by atoms with Crippen molar-refractivity contribution in [3.8, 4) is 0 Å². The van der Waals surface area contributed by atoms with Crippen molar-refractivity contribution in [1.82, 2.24) is 9.29 Å². The summed E-state index contributed by atoms with van der Waals surface area (Å²) in [5.41, 5.74) is 5.08. The fourth-order valence-corrected chi connectivity index (χ4v) is 5.45. The zero-order chi connectivity index (χ0) is 22.9. The van der Waals surface area contributed by atoms with Crippen molar-refractivity contribution in [1.29, 1.82) is 0 Å². The third-order valence-electron chi connectivity index (χ3n) is 5.93. The molecule has 0 fully saturated rings. The van der Waals surface area contributed by atoms with Crippen LogP contribution in [0.15, 0.2) is 65.6 Å². The van der Waals surface area contributed by atoms with Crippen LogP contribution in [0.1, 0.15) is 16.7 Å². The third-order valence-corrected chi connectivity index (χ3v) is 7.75. The van der Waals surface area contributed by atoms with Crippen LogP contribution in [0.5, 0.6) is 0 Å². The largest absolute Gasteiger partial charge is 0.355 e. The second-order valence-corrected chi connectivity index (χ2v) is 9.89. The van der Waals surface area contributed by atoms with E-state index >= 15 is 0 Å². The molecule has 4 rings (SSSR count). The Labute approximate surface area is 188 Å². The highest BCUT2D eigenvalue weighted by Gasteiger charge is 2.28. The van der Waals surface area contributed by atoms with E-state index in [1.54, 1.807) is 24.3 Å². The first-order valence-electron chi connectivity index (χ1n) is 10.5. The summed E-state index contributed by atoms with van der Waals surface area (Å²) >= 11 is 0. The number of hydrogen-bond acceptors (Lipinski definition) is 4. The molecule has 0 unspecified atom stereocenters. The van der Waals surface area contributed by atoms with Crippen LogP contribution in [-0.4, -0.2) is 44.8 Å². The van der Waals surface area contributed by atoms with Gasteiger partial charge in [-0.2, -0.15) is 4.31 Å². The molecule has 0 atom stereocenters. The van der Waals surface area contributed by atoms with E-state index in [1.165, 1.54) is 18.5 Å². The number of aromatic nitrogens is 1. The maximum Gasteiger partial charge on any atom is 0.243 e. The molecule has 32 heavy (non-hydrogen) atoms. The normalized spacial score (nSPS) is 12.4. The Hall–Kier alpha value is -2.71. The zero-order valence-electron chi connectivity index (χ0n) is 18.8. The highest BCUT2D eigenvalue weighted by Crippen LogP contribution is 2.31. The number of sulfonamides is 1. The lowest BCUT2D eigenvalue weighted by Gasteiger charge is -2.26. The Morgan fingerprint density at radius 1 is 0.906 bits per heavy atom. The van der Waals surface area contributed by atoms with Gasteiger partial charge in [-0.3, -0.25) is 0 Å². The Kier molecular flexibility index (Phi) is 6.35. The summed E-state index contributed by atoms with van der Waals surface area (Å²) in [5, 5.41) is 2.24. The molecule has 1 N–H and O–H groups in total. The topological polar surface area (TPSA) is 71.6 Å². The fourth-order valence-electron chi connectivity index (χ4n) is 4.04. The number of ether oxygens (including phenoxy) is 2. The molecule has 0 bridgehead atoms. The lowest BCUT2D eigenvalue weighted by Crippen LogP contribution is -2.38. The van der Waals surface area contributed by atoms with Crippen LogP contribution in [0, 0.1) is 13.8 Å². The van der Waals surface area contributed by atoms with Gasteiger partial charge in [0.25, 0.3) is 0 Å². The molecule has 0 aliphatic rings. The minimum absolute atomic E-state index is 0.0779. The summed E-state index contributed by atoms with van der Waals surface area (Å²) in [6, 6.07) is 19.0. The van der Waals surface area contributed by atoms with Crippen LogP contribution in [0.2, 0.25) is 0 Å². The highest BCUT2D eigenvalue weighted by atomic mass is 32.2. The number of aryl methyl sites for hydroxylation is 2. The molecule has 6 nitrogen and oxygen atoms in total. The predicted molar refractivity (Wildman–Crippen MR) is 127 cm³/mol. The lowest BCUT2D eigenvalue weighted by molar-refractivity contribution is -0.108. The Morgan fingerprint density at radius 2 is 1.59 bits per heavy atom. The fraction of sp³-hybridized carbons (Fsp3) is 0.280. The van der Waals surface area contributed by atoms with Gasteiger partial charge in [-0.05, 0) is 49.2 Å². The van der Waals surface area contributed by atoms with Gasteiger partial charge in [0.15, 0.2) is 6.29 Å². The monoisotopic (exact) mass is 452 g/mol. The number of para-hydroxylation sites is 1. The van der Waals surface area contributed by atoms with E-state index in [4.69, 9.17) is 9.47 Å². The van der Waals surface area contributed by atoms with Gasteiger partial charge in [-0.25, -0.2) is 8.42 Å². The van der Waals surface area contributed by atoms with Crippen LogP contribution in [-0.2, 0) is 26.0 Å². The van der Waals surface area contributed by atoms with Crippen LogP contribution in [0.3, 0.4) is 0 Å². The predicted octanol–water partition coefficient (Wildman–Crippen LogP) is 4.75. The van der Waals surface area contributed by atoms with Gasteiger partial charge in [0, 0.05) is 42.6 Å². The lowest BCUT2D eigenvalue weighted by atomic mass is 10.0. The van der Waals surface area contributed by atoms with Gasteiger partial charge < -0.3 is 14.5 Å². The molecule has 1 heterocycles. The van der Waals surface area contributed by atoms with Crippen LogP contribution in [0.25, 0.3) is 21.8 Å². The molecule has 3 aromatic carbocycles. The molecule has 4 aromatic rings. The van der Waals surface area contributed by atoms with Crippen LogP contribution in [0.4, 0.5) is 0 Å². The second-order valence-electron chi connectivity index (χ2n) is 7.95. The SMILES string of the molecule is COC(CN(Cc1ccc2[nH]c3ccccc3c2c1C)S(=O)(=O)c1ccc(C)cc1)OC. The number of methoxy groups -OCH3 is 2. The maximum absolute atomic E-state index is 13.6. The number of hydrogen-bond donors (Lipinski definition) is 1. The number of nitrogens with one attached hydrogen (secondary N) is 1. The van der Waals surface area contributed by atoms with Gasteiger partial charge in [0.05, 0.1) is 11.4 Å². The molecule has 0 saturated heterocycles. The minimum Gasteiger partial charge on any atom is -0.355 e. The number of H-pyrrole nitrogens is 1. The summed E-state index contributed by atoms with van der Waals surface area (Å²) in [4.78, 5) is 3.69. The quantitative estimate of drug-likeness (QED) is 0.392. The van der Waals surface area contributed by atoms with Crippen molar-refractivity contribution in [2.45, 2.75) is 31.6 Å². The summed E-state index contributed by atoms with van der Waals surface area (Å²) < 4.78 is 39.2. The molecule has 0 aliphatic carbocycles. The summed E-state index contributed by atoms with van der Waals surface area (Å²) in [7, 11) is -0.749. The van der Waals surface area contributed by atoms with E-state index in [1.807, 2.05) is 44.2 Å². The van der Waals surface area contributed by atoms with Gasteiger partial charge in [0.2, 0.25) is 10.0 Å². The molecule has 0 radical (unpaired) electrons. The standard InChI is InChI=1S/C25H28N2O4S/c1-17-9-12-20(13-10-17)32(28,29)27(16-24(30-3)31-4)15-19-11-14-23-25(18(19)2)21-7-5-6-8-22(21)26-23/h5-14,24,26H,15-16H2,1-4H3. The first-order valence-corrected chi connectivity index (χ1v) is 11.9. The van der Waals surface area contributed by atoms with Gasteiger partial charge >= 0.3 is 0 Å². The van der Waals surface area contributed by atoms with Gasteiger partial charge in [-0.1, -0.05) is 42.0 Å². The Bertz CT molecular complexity index is 1340. The molecular formula is C25H28N2O4S. The van der Waals surface area contributed by atoms with Crippen molar-refractivity contribution < 1.29 is 17.9 Å². The van der Waals surface area contributed by atoms with Crippen molar-refractivity contribution in [3.63, 3.8) is 0 Å². The van der Waals surface area contributed by atoms with Gasteiger partial charge in [-0.15, -0.1) is 0 Å². The molecule has 0 spiro atoms. The number of benzene rings is 3. The third kappa shape index (κ3) is 4.17. The van der Waals surface area contributed by atoms with Crippen LogP contribution < -0.4 is 0 Å². The Balaban J connectivity index is 1.78. The Morgan fingerprint density at radius 3 is 2.28 bits per heavy atom. The second kappa shape index (κ2) is 9.03. The van der Waals surface area contributed by atoms with Gasteiger partial charge in [0.1, 0.15) is 0 Å². The molecule has 7 heteroatoms. The first-order chi connectivity index (χ1) is 15.3. The molecule has 0 aliphatic heterocycles. The van der Waals surface area contributed by atoms with Crippen molar-refractivity contribution in [3.05, 3.63) is 77.4 Å². The summed E-state index contributed by atoms with van der Waals surface area (Å²) in [6.07, 6.45) is -0.674. The van der Waals surface area contributed by atoms with E-state index in [2.05, 4.69) is 11.1 Å². The highest BCUT2D eigenvalue weighted by molar-refractivity contribution is 7.89. The summed E-state index contributed by atoms with van der Waals surface area (Å²) in [6.45, 7) is 4.26. The van der Waals surface area contributed by atoms with E-state index in [9.17, 15) is 8.42 Å². The molecule has 0 saturated carbocycles. The number of fused-ring (bicyclic) bond motifs is 3. The smallest absolute Gasteiger partial charge is 0.243 e. The number of rotatable bonds is 8. The van der Waals surface area contributed by atoms with E-state index in [0.29, 0.717) is 0 Å². The van der Waals surface area contributed by atoms with E-state index in [0.717, 1.165) is 38.5 Å². The average molecular weight is 453 g/mol. The van der Waals surface area contributed by atoms with Crippen molar-refractivity contribution >= 4 is 31.8 Å². The molecule has 168 valence electrons. The minimum atomic E-state index is -3.76. The molecule has 1 aromatic heterocycles. The van der Waals surface area contributed by atoms with E-state index < -0.39 is 16.3 Å². The number of nitrogens with zero attached hydrogens (tertiary/aromatic N) is 1. The average Bonchev–Trinajstić information content (AvgIpc) is 3.17. The van der Waals surface area contributed by atoms with Crippen molar-refractivity contribution in [2.24, 2.45) is 0 Å².